The SMILES string of the molecule is CC(C)C1CC(CO)(c2ccc(F)cc2)C(CO[Si](C)(C)C(C)(C)C)C(C(C)C)N1. The summed E-state index contributed by atoms with van der Waals surface area (Å²) in [6.07, 6.45) is 0.821. The third kappa shape index (κ3) is 5.17. The van der Waals surface area contributed by atoms with Crippen LogP contribution in [0.3, 0.4) is 0 Å². The van der Waals surface area contributed by atoms with Gasteiger partial charge in [0.1, 0.15) is 5.82 Å². The summed E-state index contributed by atoms with van der Waals surface area (Å²) in [5.74, 6) is 0.707. The Morgan fingerprint density at radius 1 is 1.13 bits per heavy atom. The fraction of sp³-hybridized carbons (Fsp3) is 0.760. The van der Waals surface area contributed by atoms with Crippen LogP contribution < -0.4 is 5.32 Å². The summed E-state index contributed by atoms with van der Waals surface area (Å²) in [6, 6.07) is 7.28. The molecule has 1 saturated heterocycles. The predicted molar refractivity (Wildman–Crippen MR) is 127 cm³/mol. The van der Waals surface area contributed by atoms with E-state index in [1.165, 1.54) is 12.1 Å². The Bertz CT molecular complexity index is 683. The summed E-state index contributed by atoms with van der Waals surface area (Å²) in [7, 11) is -1.95. The quantitative estimate of drug-likeness (QED) is 0.535. The number of benzene rings is 1. The van der Waals surface area contributed by atoms with Gasteiger partial charge >= 0.3 is 0 Å². The molecule has 0 aromatic heterocycles. The normalized spacial score (nSPS) is 28.4. The number of aliphatic hydroxyl groups excluding tert-OH is 1. The summed E-state index contributed by atoms with van der Waals surface area (Å²) >= 11 is 0. The Hall–Kier alpha value is -0.753. The minimum atomic E-state index is -1.95. The summed E-state index contributed by atoms with van der Waals surface area (Å²) in [6.45, 7) is 20.9. The molecule has 0 radical (unpaired) electrons. The third-order valence-electron chi connectivity index (χ3n) is 7.79. The molecule has 3 nitrogen and oxygen atoms in total. The lowest BCUT2D eigenvalue weighted by atomic mass is 9.59. The zero-order valence-electron chi connectivity index (χ0n) is 20.6. The van der Waals surface area contributed by atoms with Crippen molar-refractivity contribution in [3.63, 3.8) is 0 Å². The van der Waals surface area contributed by atoms with E-state index in [-0.39, 0.29) is 29.4 Å². The van der Waals surface area contributed by atoms with E-state index < -0.39 is 13.7 Å². The average Bonchev–Trinajstić information content (AvgIpc) is 2.65. The highest BCUT2D eigenvalue weighted by atomic mass is 28.4. The van der Waals surface area contributed by atoms with Gasteiger partial charge in [-0.3, -0.25) is 0 Å². The molecule has 4 atom stereocenters. The van der Waals surface area contributed by atoms with Crippen LogP contribution in [0.4, 0.5) is 4.39 Å². The lowest BCUT2D eigenvalue weighted by Crippen LogP contribution is -2.64. The number of hydrogen-bond donors (Lipinski definition) is 2. The van der Waals surface area contributed by atoms with Crippen LogP contribution in [-0.4, -0.2) is 38.7 Å². The molecule has 0 saturated carbocycles. The number of halogens is 1. The van der Waals surface area contributed by atoms with E-state index in [2.05, 4.69) is 66.9 Å². The Labute approximate surface area is 184 Å². The molecular weight excluding hydrogens is 393 g/mol. The standard InChI is InChI=1S/C25H44FNO2Si/c1-17(2)22-14-25(16-28,19-10-12-20(26)13-11-19)21(23(27-22)18(3)4)15-29-30(8,9)24(5,6)7/h10-13,17-18,21-23,27-28H,14-16H2,1-9H3. The zero-order valence-corrected chi connectivity index (χ0v) is 21.6. The molecule has 0 bridgehead atoms. The van der Waals surface area contributed by atoms with Crippen molar-refractivity contribution in [1.82, 2.24) is 5.32 Å². The largest absolute Gasteiger partial charge is 0.416 e. The van der Waals surface area contributed by atoms with E-state index >= 15 is 0 Å². The fourth-order valence-electron chi connectivity index (χ4n) is 4.56. The first-order valence-corrected chi connectivity index (χ1v) is 14.4. The van der Waals surface area contributed by atoms with E-state index in [9.17, 15) is 9.50 Å². The average molecular weight is 438 g/mol. The van der Waals surface area contributed by atoms with Gasteiger partial charge in [-0.05, 0) is 54.1 Å². The molecule has 4 unspecified atom stereocenters. The van der Waals surface area contributed by atoms with Crippen molar-refractivity contribution in [1.29, 1.82) is 0 Å². The zero-order chi connectivity index (χ0) is 22.9. The lowest BCUT2D eigenvalue weighted by Gasteiger charge is -2.54. The lowest BCUT2D eigenvalue weighted by molar-refractivity contribution is 0.000439. The molecule has 1 heterocycles. The molecule has 0 amide bonds. The second-order valence-corrected chi connectivity index (χ2v) is 16.3. The van der Waals surface area contributed by atoms with E-state index in [1.54, 1.807) is 0 Å². The maximum atomic E-state index is 13.7. The molecule has 2 N–H and O–H groups in total. The number of rotatable bonds is 7. The van der Waals surface area contributed by atoms with E-state index in [0.29, 0.717) is 24.5 Å². The minimum Gasteiger partial charge on any atom is -0.416 e. The van der Waals surface area contributed by atoms with Crippen LogP contribution in [-0.2, 0) is 9.84 Å². The van der Waals surface area contributed by atoms with Gasteiger partial charge in [-0.15, -0.1) is 0 Å². The van der Waals surface area contributed by atoms with Crippen LogP contribution in [0.2, 0.25) is 18.1 Å². The Morgan fingerprint density at radius 3 is 2.13 bits per heavy atom. The molecule has 0 aliphatic carbocycles. The second kappa shape index (κ2) is 9.39. The second-order valence-electron chi connectivity index (χ2n) is 11.5. The summed E-state index contributed by atoms with van der Waals surface area (Å²) in [5.41, 5.74) is 0.568. The molecule has 1 aliphatic heterocycles. The van der Waals surface area contributed by atoms with Gasteiger partial charge in [0.15, 0.2) is 8.32 Å². The Balaban J connectivity index is 2.53. The number of hydrogen-bond acceptors (Lipinski definition) is 3. The van der Waals surface area contributed by atoms with Crippen molar-refractivity contribution < 1.29 is 13.9 Å². The van der Waals surface area contributed by atoms with Gasteiger partial charge in [0.05, 0.1) is 6.61 Å². The van der Waals surface area contributed by atoms with Crippen molar-refractivity contribution in [2.24, 2.45) is 17.8 Å². The smallest absolute Gasteiger partial charge is 0.191 e. The van der Waals surface area contributed by atoms with Gasteiger partial charge in [0.25, 0.3) is 0 Å². The maximum Gasteiger partial charge on any atom is 0.191 e. The summed E-state index contributed by atoms with van der Waals surface area (Å²) in [4.78, 5) is 0. The van der Waals surface area contributed by atoms with Gasteiger partial charge in [0.2, 0.25) is 0 Å². The molecule has 2 rings (SSSR count). The van der Waals surface area contributed by atoms with Crippen LogP contribution in [0.15, 0.2) is 24.3 Å². The number of piperidine rings is 1. The van der Waals surface area contributed by atoms with Gasteiger partial charge in [0, 0.05) is 30.0 Å². The molecular formula is C25H44FNO2Si. The van der Waals surface area contributed by atoms with Crippen LogP contribution >= 0.6 is 0 Å². The Morgan fingerprint density at radius 2 is 1.70 bits per heavy atom. The molecule has 1 fully saturated rings. The monoisotopic (exact) mass is 437 g/mol. The van der Waals surface area contributed by atoms with Crippen LogP contribution in [0, 0.1) is 23.6 Å². The highest BCUT2D eigenvalue weighted by molar-refractivity contribution is 6.74. The minimum absolute atomic E-state index is 0.0400. The van der Waals surface area contributed by atoms with Crippen molar-refractivity contribution in [2.45, 2.75) is 90.5 Å². The van der Waals surface area contributed by atoms with Gasteiger partial charge < -0.3 is 14.8 Å². The number of aliphatic hydroxyl groups is 1. The predicted octanol–water partition coefficient (Wildman–Crippen LogP) is 5.74. The highest BCUT2D eigenvalue weighted by Crippen LogP contribution is 2.46. The van der Waals surface area contributed by atoms with Crippen molar-refractivity contribution in [2.75, 3.05) is 13.2 Å². The molecule has 30 heavy (non-hydrogen) atoms. The van der Waals surface area contributed by atoms with E-state index in [1.807, 2.05) is 12.1 Å². The Kier molecular flexibility index (Phi) is 7.99. The fourth-order valence-corrected chi connectivity index (χ4v) is 5.59. The van der Waals surface area contributed by atoms with Crippen molar-refractivity contribution in [3.05, 3.63) is 35.6 Å². The van der Waals surface area contributed by atoms with Crippen LogP contribution in [0.1, 0.15) is 60.5 Å². The topological polar surface area (TPSA) is 41.5 Å². The van der Waals surface area contributed by atoms with Crippen LogP contribution in [0.25, 0.3) is 0 Å². The van der Waals surface area contributed by atoms with Crippen LogP contribution in [0.5, 0.6) is 0 Å². The van der Waals surface area contributed by atoms with Gasteiger partial charge in [-0.1, -0.05) is 60.6 Å². The molecule has 0 spiro atoms. The third-order valence-corrected chi connectivity index (χ3v) is 12.3. The number of nitrogens with one attached hydrogen (secondary N) is 1. The first kappa shape index (κ1) is 25.5. The molecule has 1 aromatic rings. The van der Waals surface area contributed by atoms with Gasteiger partial charge in [-0.25, -0.2) is 4.39 Å². The van der Waals surface area contributed by atoms with Gasteiger partial charge in [-0.2, -0.15) is 0 Å². The van der Waals surface area contributed by atoms with Crippen molar-refractivity contribution >= 4 is 8.32 Å². The highest BCUT2D eigenvalue weighted by Gasteiger charge is 2.51. The van der Waals surface area contributed by atoms with Crippen molar-refractivity contribution in [3.8, 4) is 0 Å². The molecule has 1 aromatic carbocycles. The summed E-state index contributed by atoms with van der Waals surface area (Å²) < 4.78 is 20.5. The first-order chi connectivity index (χ1) is 13.7. The molecule has 5 heteroatoms. The van der Waals surface area contributed by atoms with E-state index in [4.69, 9.17) is 4.43 Å². The molecule has 1 aliphatic rings. The maximum absolute atomic E-state index is 13.7. The van der Waals surface area contributed by atoms with E-state index in [0.717, 1.165) is 12.0 Å². The first-order valence-electron chi connectivity index (χ1n) is 11.5. The summed E-state index contributed by atoms with van der Waals surface area (Å²) in [5, 5.41) is 14.9. The molecule has 172 valence electrons.